The molecule has 2 saturated heterocycles. The molecule has 0 aromatic carbocycles. The Bertz CT molecular complexity index is 241. The molecule has 0 N–H and O–H groups in total. The number of nitrogens with zero attached hydrogens (tertiary/aromatic N) is 1. The van der Waals surface area contributed by atoms with Crippen LogP contribution in [0, 0.1) is 0 Å². The number of ether oxygens (including phenoxy) is 1. The maximum atomic E-state index is 11.8. The van der Waals surface area contributed by atoms with Crippen LogP contribution >= 0.6 is 0 Å². The molecule has 0 amide bonds. The highest BCUT2D eigenvalue weighted by molar-refractivity contribution is 5.81. The van der Waals surface area contributed by atoms with Gasteiger partial charge in [0.2, 0.25) is 0 Å². The molecule has 2 aliphatic heterocycles. The third kappa shape index (κ3) is 1.18. The minimum atomic E-state index is -0.241. The third-order valence-electron chi connectivity index (χ3n) is 3.91. The maximum absolute atomic E-state index is 11.8. The lowest BCUT2D eigenvalue weighted by atomic mass is 9.94. The van der Waals surface area contributed by atoms with Crippen LogP contribution in [0.5, 0.6) is 0 Å². The van der Waals surface area contributed by atoms with E-state index in [1.165, 1.54) is 7.11 Å². The second-order valence-electron chi connectivity index (χ2n) is 4.42. The standard InChI is InChI=1S/C11H19NO2/c1-3-9-5-7-11(10(13)14-2)6-4-8-12(9)11/h9H,3-8H2,1-2H3. The normalized spacial score (nSPS) is 37.1. The molecular formula is C11H19NO2. The lowest BCUT2D eigenvalue weighted by molar-refractivity contribution is -0.152. The first-order valence-electron chi connectivity index (χ1n) is 5.60. The molecule has 0 saturated carbocycles. The quantitative estimate of drug-likeness (QED) is 0.629. The number of rotatable bonds is 2. The number of hydrogen-bond acceptors (Lipinski definition) is 3. The molecule has 0 aliphatic carbocycles. The maximum Gasteiger partial charge on any atom is 0.326 e. The highest BCUT2D eigenvalue weighted by atomic mass is 16.5. The van der Waals surface area contributed by atoms with Gasteiger partial charge in [0.05, 0.1) is 7.11 Å². The molecule has 2 fully saturated rings. The van der Waals surface area contributed by atoms with Crippen molar-refractivity contribution in [1.82, 2.24) is 4.90 Å². The highest BCUT2D eigenvalue weighted by Crippen LogP contribution is 2.43. The molecule has 0 spiro atoms. The Morgan fingerprint density at radius 3 is 3.00 bits per heavy atom. The van der Waals surface area contributed by atoms with Gasteiger partial charge in [-0.05, 0) is 38.6 Å². The van der Waals surface area contributed by atoms with Gasteiger partial charge in [-0.3, -0.25) is 9.69 Å². The van der Waals surface area contributed by atoms with Crippen LogP contribution in [0.1, 0.15) is 39.0 Å². The number of methoxy groups -OCH3 is 1. The zero-order chi connectivity index (χ0) is 10.2. The number of esters is 1. The van der Waals surface area contributed by atoms with Crippen LogP contribution in [0.25, 0.3) is 0 Å². The molecule has 0 aromatic heterocycles. The molecule has 80 valence electrons. The van der Waals surface area contributed by atoms with Crippen LogP contribution < -0.4 is 0 Å². The van der Waals surface area contributed by atoms with Crippen molar-refractivity contribution in [3.05, 3.63) is 0 Å². The first kappa shape index (κ1) is 9.97. The highest BCUT2D eigenvalue weighted by Gasteiger charge is 2.54. The zero-order valence-electron chi connectivity index (χ0n) is 9.08. The minimum Gasteiger partial charge on any atom is -0.468 e. The fraction of sp³-hybridized carbons (Fsp3) is 0.909. The van der Waals surface area contributed by atoms with Gasteiger partial charge in [0, 0.05) is 6.04 Å². The molecular weight excluding hydrogens is 178 g/mol. The van der Waals surface area contributed by atoms with E-state index in [1.807, 2.05) is 0 Å². The summed E-state index contributed by atoms with van der Waals surface area (Å²) in [5, 5.41) is 0. The van der Waals surface area contributed by atoms with E-state index in [9.17, 15) is 4.79 Å². The average molecular weight is 197 g/mol. The van der Waals surface area contributed by atoms with Crippen LogP contribution in [0.15, 0.2) is 0 Å². The summed E-state index contributed by atoms with van der Waals surface area (Å²) in [4.78, 5) is 14.2. The summed E-state index contributed by atoms with van der Waals surface area (Å²) in [5.74, 6) is -0.00838. The summed E-state index contributed by atoms with van der Waals surface area (Å²) in [6.07, 6.45) is 5.45. The van der Waals surface area contributed by atoms with Gasteiger partial charge in [0.15, 0.2) is 0 Å². The van der Waals surface area contributed by atoms with Crippen molar-refractivity contribution in [2.75, 3.05) is 13.7 Å². The van der Waals surface area contributed by atoms with Crippen LogP contribution in [0.4, 0.5) is 0 Å². The summed E-state index contributed by atoms with van der Waals surface area (Å²) in [6, 6.07) is 0.608. The SMILES string of the molecule is CCC1CCC2(C(=O)OC)CCCN12. The molecule has 2 unspecified atom stereocenters. The van der Waals surface area contributed by atoms with Crippen LogP contribution in [-0.2, 0) is 9.53 Å². The van der Waals surface area contributed by atoms with Crippen LogP contribution in [-0.4, -0.2) is 36.1 Å². The van der Waals surface area contributed by atoms with Crippen molar-refractivity contribution in [2.24, 2.45) is 0 Å². The summed E-state index contributed by atoms with van der Waals surface area (Å²) >= 11 is 0. The number of carbonyl (C=O) groups excluding carboxylic acids is 1. The number of carbonyl (C=O) groups is 1. The van der Waals surface area contributed by atoms with E-state index in [0.29, 0.717) is 6.04 Å². The van der Waals surface area contributed by atoms with E-state index in [-0.39, 0.29) is 11.5 Å². The van der Waals surface area contributed by atoms with Crippen molar-refractivity contribution in [2.45, 2.75) is 50.6 Å². The molecule has 3 heteroatoms. The summed E-state index contributed by atoms with van der Waals surface area (Å²) in [6.45, 7) is 3.28. The van der Waals surface area contributed by atoms with Crippen molar-refractivity contribution in [3.63, 3.8) is 0 Å². The summed E-state index contributed by atoms with van der Waals surface area (Å²) < 4.78 is 4.95. The predicted octanol–water partition coefficient (Wildman–Crippen LogP) is 1.57. The van der Waals surface area contributed by atoms with E-state index in [4.69, 9.17) is 4.74 Å². The van der Waals surface area contributed by atoms with E-state index in [2.05, 4.69) is 11.8 Å². The van der Waals surface area contributed by atoms with E-state index < -0.39 is 0 Å². The van der Waals surface area contributed by atoms with Crippen molar-refractivity contribution >= 4 is 5.97 Å². The molecule has 2 atom stereocenters. The Labute approximate surface area is 85.4 Å². The Morgan fingerprint density at radius 1 is 1.57 bits per heavy atom. The Morgan fingerprint density at radius 2 is 2.36 bits per heavy atom. The second kappa shape index (κ2) is 3.54. The lowest BCUT2D eigenvalue weighted by Crippen LogP contribution is -2.48. The number of fused-ring (bicyclic) bond motifs is 1. The topological polar surface area (TPSA) is 29.5 Å². The van der Waals surface area contributed by atoms with E-state index >= 15 is 0 Å². The van der Waals surface area contributed by atoms with Gasteiger partial charge in [-0.15, -0.1) is 0 Å². The van der Waals surface area contributed by atoms with Crippen molar-refractivity contribution in [3.8, 4) is 0 Å². The summed E-state index contributed by atoms with van der Waals surface area (Å²) in [5.41, 5.74) is -0.241. The molecule has 2 aliphatic rings. The van der Waals surface area contributed by atoms with Gasteiger partial charge in [-0.1, -0.05) is 6.92 Å². The summed E-state index contributed by atoms with van der Waals surface area (Å²) in [7, 11) is 1.51. The molecule has 0 radical (unpaired) electrons. The first-order chi connectivity index (χ1) is 6.74. The fourth-order valence-electron chi connectivity index (χ4n) is 3.20. The Hall–Kier alpha value is -0.570. The second-order valence-corrected chi connectivity index (χ2v) is 4.42. The molecule has 0 aromatic rings. The van der Waals surface area contributed by atoms with E-state index in [0.717, 1.165) is 38.6 Å². The van der Waals surface area contributed by atoms with Crippen molar-refractivity contribution < 1.29 is 9.53 Å². The van der Waals surface area contributed by atoms with Gasteiger partial charge in [0.1, 0.15) is 5.54 Å². The number of hydrogen-bond donors (Lipinski definition) is 0. The average Bonchev–Trinajstić information content (AvgIpc) is 2.74. The fourth-order valence-corrected chi connectivity index (χ4v) is 3.20. The molecule has 3 nitrogen and oxygen atoms in total. The zero-order valence-corrected chi connectivity index (χ0v) is 9.08. The smallest absolute Gasteiger partial charge is 0.326 e. The van der Waals surface area contributed by atoms with Gasteiger partial charge in [-0.25, -0.2) is 0 Å². The van der Waals surface area contributed by atoms with Crippen LogP contribution in [0.2, 0.25) is 0 Å². The monoisotopic (exact) mass is 197 g/mol. The van der Waals surface area contributed by atoms with Gasteiger partial charge in [-0.2, -0.15) is 0 Å². The largest absolute Gasteiger partial charge is 0.468 e. The Kier molecular flexibility index (Phi) is 2.52. The first-order valence-corrected chi connectivity index (χ1v) is 5.60. The van der Waals surface area contributed by atoms with Gasteiger partial charge in [0.25, 0.3) is 0 Å². The van der Waals surface area contributed by atoms with Crippen molar-refractivity contribution in [1.29, 1.82) is 0 Å². The van der Waals surface area contributed by atoms with Gasteiger partial charge >= 0.3 is 5.97 Å². The third-order valence-corrected chi connectivity index (χ3v) is 3.91. The molecule has 0 bridgehead atoms. The predicted molar refractivity (Wildman–Crippen MR) is 54.0 cm³/mol. The van der Waals surface area contributed by atoms with E-state index in [1.54, 1.807) is 0 Å². The Balaban J connectivity index is 2.22. The van der Waals surface area contributed by atoms with Crippen LogP contribution in [0.3, 0.4) is 0 Å². The minimum absolute atomic E-state index is 0.00838. The molecule has 2 heterocycles. The van der Waals surface area contributed by atoms with Gasteiger partial charge < -0.3 is 4.74 Å². The lowest BCUT2D eigenvalue weighted by Gasteiger charge is -2.31. The molecule has 2 rings (SSSR count). The molecule has 14 heavy (non-hydrogen) atoms.